The van der Waals surface area contributed by atoms with Crippen molar-refractivity contribution < 1.29 is 23.9 Å². The van der Waals surface area contributed by atoms with Crippen LogP contribution >= 0.6 is 11.8 Å². The van der Waals surface area contributed by atoms with Gasteiger partial charge in [-0.25, -0.2) is 9.59 Å². The summed E-state index contributed by atoms with van der Waals surface area (Å²) in [5.74, 6) is -1.08. The summed E-state index contributed by atoms with van der Waals surface area (Å²) in [7, 11) is 4.25. The highest BCUT2D eigenvalue weighted by molar-refractivity contribution is 7.99. The van der Waals surface area contributed by atoms with Gasteiger partial charge in [-0.05, 0) is 30.3 Å². The Morgan fingerprint density at radius 2 is 1.84 bits per heavy atom. The number of anilines is 1. The number of amides is 1. The first-order valence-corrected chi connectivity index (χ1v) is 9.97. The zero-order valence-corrected chi connectivity index (χ0v) is 17.8. The van der Waals surface area contributed by atoms with Gasteiger partial charge in [-0.3, -0.25) is 9.78 Å². The quantitative estimate of drug-likeness (QED) is 0.434. The Bertz CT molecular complexity index is 1120. The predicted octanol–water partition coefficient (Wildman–Crippen LogP) is 2.18. The van der Waals surface area contributed by atoms with Crippen LogP contribution in [-0.4, -0.2) is 57.6 Å². The van der Waals surface area contributed by atoms with Gasteiger partial charge in [0.2, 0.25) is 5.91 Å². The van der Waals surface area contributed by atoms with Crippen molar-refractivity contribution >= 4 is 35.3 Å². The van der Waals surface area contributed by atoms with Gasteiger partial charge in [0.15, 0.2) is 11.0 Å². The third-order valence-corrected chi connectivity index (χ3v) is 5.20. The van der Waals surface area contributed by atoms with E-state index in [0.717, 1.165) is 0 Å². The fraction of sp³-hybridized carbons (Fsp3) is 0.200. The van der Waals surface area contributed by atoms with Crippen LogP contribution in [0.1, 0.15) is 20.7 Å². The maximum Gasteiger partial charge on any atom is 0.339 e. The number of nitrogens with zero attached hydrogens (tertiary/aromatic N) is 4. The van der Waals surface area contributed by atoms with E-state index in [4.69, 9.17) is 4.74 Å². The molecule has 0 saturated heterocycles. The molecule has 0 aliphatic heterocycles. The van der Waals surface area contributed by atoms with Crippen molar-refractivity contribution in [3.05, 3.63) is 53.7 Å². The van der Waals surface area contributed by atoms with Crippen LogP contribution in [0.2, 0.25) is 0 Å². The molecule has 0 aliphatic rings. The number of pyridine rings is 1. The number of ether oxygens (including phenoxy) is 2. The van der Waals surface area contributed by atoms with E-state index in [1.165, 1.54) is 44.2 Å². The Balaban J connectivity index is 1.73. The van der Waals surface area contributed by atoms with E-state index in [1.54, 1.807) is 23.9 Å². The third-order valence-electron chi connectivity index (χ3n) is 4.18. The van der Waals surface area contributed by atoms with Crippen LogP contribution in [-0.2, 0) is 21.3 Å². The van der Waals surface area contributed by atoms with Gasteiger partial charge >= 0.3 is 11.9 Å². The van der Waals surface area contributed by atoms with E-state index in [2.05, 4.69) is 25.2 Å². The Labute approximate surface area is 182 Å². The number of benzene rings is 1. The first-order chi connectivity index (χ1) is 14.9. The fourth-order valence-corrected chi connectivity index (χ4v) is 3.37. The zero-order valence-electron chi connectivity index (χ0n) is 17.0. The molecular formula is C20H19N5O5S. The van der Waals surface area contributed by atoms with Gasteiger partial charge in [-0.15, -0.1) is 10.2 Å². The summed E-state index contributed by atoms with van der Waals surface area (Å²) in [6, 6.07) is 9.63. The molecule has 0 radical (unpaired) electrons. The van der Waals surface area contributed by atoms with Crippen molar-refractivity contribution in [3.63, 3.8) is 0 Å². The first kappa shape index (κ1) is 22.0. The molecule has 160 valence electrons. The van der Waals surface area contributed by atoms with E-state index in [1.807, 2.05) is 12.1 Å². The Hall–Kier alpha value is -3.73. The summed E-state index contributed by atoms with van der Waals surface area (Å²) in [4.78, 5) is 40.6. The molecule has 10 nitrogen and oxygen atoms in total. The molecular weight excluding hydrogens is 422 g/mol. The van der Waals surface area contributed by atoms with E-state index >= 15 is 0 Å². The molecule has 31 heavy (non-hydrogen) atoms. The number of hydrogen-bond donors (Lipinski definition) is 1. The number of carbonyl (C=O) groups excluding carboxylic acids is 3. The van der Waals surface area contributed by atoms with Crippen LogP contribution < -0.4 is 5.32 Å². The van der Waals surface area contributed by atoms with Gasteiger partial charge in [-0.1, -0.05) is 17.8 Å². The number of thioether (sulfide) groups is 1. The minimum absolute atomic E-state index is 0.00272. The highest BCUT2D eigenvalue weighted by Gasteiger charge is 2.18. The maximum absolute atomic E-state index is 12.5. The number of aromatic nitrogens is 4. The molecule has 1 N–H and O–H groups in total. The molecule has 3 rings (SSSR count). The number of nitrogens with one attached hydrogen (secondary N) is 1. The van der Waals surface area contributed by atoms with Crippen molar-refractivity contribution in [2.45, 2.75) is 5.16 Å². The molecule has 11 heteroatoms. The number of carbonyl (C=O) groups is 3. The number of methoxy groups -OCH3 is 2. The van der Waals surface area contributed by atoms with Gasteiger partial charge in [0.25, 0.3) is 0 Å². The van der Waals surface area contributed by atoms with Crippen molar-refractivity contribution in [3.8, 4) is 11.5 Å². The minimum Gasteiger partial charge on any atom is -0.465 e. The second-order valence-corrected chi connectivity index (χ2v) is 7.10. The van der Waals surface area contributed by atoms with Crippen molar-refractivity contribution in [1.29, 1.82) is 0 Å². The first-order valence-electron chi connectivity index (χ1n) is 8.98. The molecule has 1 aromatic carbocycles. The summed E-state index contributed by atoms with van der Waals surface area (Å²) < 4.78 is 11.2. The van der Waals surface area contributed by atoms with Crippen molar-refractivity contribution in [2.24, 2.45) is 7.05 Å². The molecule has 0 saturated carbocycles. The highest BCUT2D eigenvalue weighted by atomic mass is 32.2. The predicted molar refractivity (Wildman–Crippen MR) is 113 cm³/mol. The van der Waals surface area contributed by atoms with E-state index in [0.29, 0.717) is 16.7 Å². The lowest BCUT2D eigenvalue weighted by molar-refractivity contribution is -0.113. The lowest BCUT2D eigenvalue weighted by atomic mass is 10.1. The Morgan fingerprint density at radius 3 is 2.52 bits per heavy atom. The molecule has 0 unspecified atom stereocenters. The van der Waals surface area contributed by atoms with Crippen LogP contribution in [0.15, 0.2) is 47.8 Å². The molecule has 0 bridgehead atoms. The summed E-state index contributed by atoms with van der Waals surface area (Å²) in [5.41, 5.74) is 1.11. The highest BCUT2D eigenvalue weighted by Crippen LogP contribution is 2.23. The number of rotatable bonds is 7. The topological polar surface area (TPSA) is 125 Å². The van der Waals surface area contributed by atoms with Crippen molar-refractivity contribution in [2.75, 3.05) is 25.3 Å². The third kappa shape index (κ3) is 5.07. The van der Waals surface area contributed by atoms with Crippen LogP contribution in [0.25, 0.3) is 11.5 Å². The van der Waals surface area contributed by atoms with Crippen LogP contribution in [0.4, 0.5) is 5.69 Å². The summed E-state index contributed by atoms with van der Waals surface area (Å²) in [5, 5.41) is 11.4. The van der Waals surface area contributed by atoms with E-state index in [9.17, 15) is 14.4 Å². The minimum atomic E-state index is -0.646. The largest absolute Gasteiger partial charge is 0.465 e. The standard InChI is InChI=1S/C20H19N5O5S/c1-25-17(14-6-4-5-9-21-14)23-24-20(25)31-11-16(26)22-15-10-12(18(27)29-2)7-8-13(15)19(28)30-3/h4-10H,11H2,1-3H3,(H,22,26). The Morgan fingerprint density at radius 1 is 1.06 bits per heavy atom. The molecule has 0 spiro atoms. The summed E-state index contributed by atoms with van der Waals surface area (Å²) in [6.45, 7) is 0. The number of hydrogen-bond acceptors (Lipinski definition) is 9. The van der Waals surface area contributed by atoms with E-state index in [-0.39, 0.29) is 22.6 Å². The molecule has 2 heterocycles. The normalized spacial score (nSPS) is 10.4. The smallest absolute Gasteiger partial charge is 0.339 e. The second-order valence-electron chi connectivity index (χ2n) is 6.16. The molecule has 2 aromatic heterocycles. The average Bonchev–Trinajstić information content (AvgIpc) is 3.17. The fourth-order valence-electron chi connectivity index (χ4n) is 2.66. The van der Waals surface area contributed by atoms with Gasteiger partial charge in [0, 0.05) is 13.2 Å². The molecule has 3 aromatic rings. The van der Waals surface area contributed by atoms with Gasteiger partial charge in [0.1, 0.15) is 5.69 Å². The van der Waals surface area contributed by atoms with Gasteiger partial charge in [-0.2, -0.15) is 0 Å². The molecule has 0 fully saturated rings. The zero-order chi connectivity index (χ0) is 22.4. The monoisotopic (exact) mass is 441 g/mol. The van der Waals surface area contributed by atoms with Crippen LogP contribution in [0.3, 0.4) is 0 Å². The van der Waals surface area contributed by atoms with Crippen molar-refractivity contribution in [1.82, 2.24) is 19.7 Å². The number of esters is 2. The molecule has 0 atom stereocenters. The summed E-state index contributed by atoms with van der Waals surface area (Å²) in [6.07, 6.45) is 1.66. The van der Waals surface area contributed by atoms with Gasteiger partial charge < -0.3 is 19.4 Å². The summed E-state index contributed by atoms with van der Waals surface area (Å²) >= 11 is 1.17. The molecule has 1 amide bonds. The van der Waals surface area contributed by atoms with E-state index < -0.39 is 17.8 Å². The Kier molecular flexibility index (Phi) is 6.98. The van der Waals surface area contributed by atoms with Crippen LogP contribution in [0.5, 0.6) is 0 Å². The SMILES string of the molecule is COC(=O)c1ccc(C(=O)OC)c(NC(=O)CSc2nnc(-c3ccccn3)n2C)c1. The molecule has 0 aliphatic carbocycles. The maximum atomic E-state index is 12.5. The second kappa shape index (κ2) is 9.85. The lowest BCUT2D eigenvalue weighted by Crippen LogP contribution is -2.18. The van der Waals surface area contributed by atoms with Crippen LogP contribution in [0, 0.1) is 0 Å². The van der Waals surface area contributed by atoms with Gasteiger partial charge in [0.05, 0.1) is 36.8 Å². The average molecular weight is 441 g/mol. The lowest BCUT2D eigenvalue weighted by Gasteiger charge is -2.11.